The van der Waals surface area contributed by atoms with Crippen LogP contribution in [0.4, 0.5) is 0 Å². The summed E-state index contributed by atoms with van der Waals surface area (Å²) in [6, 6.07) is 5.87. The highest BCUT2D eigenvalue weighted by Gasteiger charge is 2.15. The molecular weight excluding hydrogens is 434 g/mol. The predicted octanol–water partition coefficient (Wildman–Crippen LogP) is 4.71. The molecule has 0 bridgehead atoms. The third kappa shape index (κ3) is 3.61. The summed E-state index contributed by atoms with van der Waals surface area (Å²) in [6.45, 7) is 0. The topological polar surface area (TPSA) is 33.1 Å². The summed E-state index contributed by atoms with van der Waals surface area (Å²) in [5, 5.41) is 10.1. The summed E-state index contributed by atoms with van der Waals surface area (Å²) in [6.07, 6.45) is 1.67. The maximum Gasteiger partial charge on any atom is 0.102 e. The number of aliphatic hydroxyl groups excluding tert-OH is 1. The number of hydrogen-bond acceptors (Lipinski definition) is 3. The summed E-state index contributed by atoms with van der Waals surface area (Å²) in [5.41, 5.74) is 0.665. The SMILES string of the molecule is OC(Cc1ccc(Br)s1)c1ncc(Br)cc1Br. The molecule has 2 aromatic rings. The molecular formula is C11H8Br3NOS. The molecule has 0 aliphatic rings. The Balaban J connectivity index is 2.17. The van der Waals surface area contributed by atoms with Gasteiger partial charge in [0.2, 0.25) is 0 Å². The molecule has 90 valence electrons. The first-order valence-electron chi connectivity index (χ1n) is 4.79. The molecule has 2 rings (SSSR count). The Labute approximate surface area is 128 Å². The fourth-order valence-electron chi connectivity index (χ4n) is 1.42. The average Bonchev–Trinajstić information content (AvgIpc) is 2.63. The van der Waals surface area contributed by atoms with Gasteiger partial charge in [-0.05, 0) is 66.0 Å². The highest BCUT2D eigenvalue weighted by molar-refractivity contribution is 9.11. The summed E-state index contributed by atoms with van der Waals surface area (Å²) < 4.78 is 2.77. The van der Waals surface area contributed by atoms with Crippen LogP contribution >= 0.6 is 59.1 Å². The minimum atomic E-state index is -0.594. The third-order valence-electron chi connectivity index (χ3n) is 2.18. The minimum absolute atomic E-state index is 0.573. The maximum absolute atomic E-state index is 10.1. The third-order valence-corrected chi connectivity index (χ3v) is 4.89. The summed E-state index contributed by atoms with van der Waals surface area (Å²) >= 11 is 11.8. The molecule has 17 heavy (non-hydrogen) atoms. The molecule has 0 aromatic carbocycles. The zero-order chi connectivity index (χ0) is 12.4. The van der Waals surface area contributed by atoms with E-state index in [1.165, 1.54) is 0 Å². The van der Waals surface area contributed by atoms with Gasteiger partial charge in [0.25, 0.3) is 0 Å². The van der Waals surface area contributed by atoms with E-state index in [-0.39, 0.29) is 0 Å². The molecule has 1 atom stereocenters. The number of hydrogen-bond donors (Lipinski definition) is 1. The Morgan fingerprint density at radius 1 is 1.29 bits per heavy atom. The van der Waals surface area contributed by atoms with Crippen molar-refractivity contribution < 1.29 is 5.11 Å². The van der Waals surface area contributed by atoms with E-state index in [9.17, 15) is 5.11 Å². The lowest BCUT2D eigenvalue weighted by Gasteiger charge is -2.10. The number of halogens is 3. The molecule has 0 saturated heterocycles. The lowest BCUT2D eigenvalue weighted by Crippen LogP contribution is -2.04. The van der Waals surface area contributed by atoms with Gasteiger partial charge < -0.3 is 5.11 Å². The number of aromatic nitrogens is 1. The largest absolute Gasteiger partial charge is 0.386 e. The van der Waals surface area contributed by atoms with Crippen molar-refractivity contribution in [1.82, 2.24) is 4.98 Å². The molecule has 0 saturated carbocycles. The molecule has 0 radical (unpaired) electrons. The summed E-state index contributed by atoms with van der Waals surface area (Å²) in [4.78, 5) is 5.36. The second-order valence-electron chi connectivity index (χ2n) is 3.45. The predicted molar refractivity (Wildman–Crippen MR) is 80.3 cm³/mol. The van der Waals surface area contributed by atoms with Gasteiger partial charge in [0.1, 0.15) is 6.10 Å². The fourth-order valence-corrected chi connectivity index (χ4v) is 4.19. The highest BCUT2D eigenvalue weighted by atomic mass is 79.9. The zero-order valence-corrected chi connectivity index (χ0v) is 14.1. The summed E-state index contributed by atoms with van der Waals surface area (Å²) in [7, 11) is 0. The van der Waals surface area contributed by atoms with E-state index in [1.807, 2.05) is 18.2 Å². The van der Waals surface area contributed by atoms with Crippen molar-refractivity contribution in [2.75, 3.05) is 0 Å². The van der Waals surface area contributed by atoms with Gasteiger partial charge in [0.15, 0.2) is 0 Å². The van der Waals surface area contributed by atoms with Crippen LogP contribution in [0.1, 0.15) is 16.7 Å². The fraction of sp³-hybridized carbons (Fsp3) is 0.182. The smallest absolute Gasteiger partial charge is 0.102 e. The standard InChI is InChI=1S/C11H8Br3NOS/c12-6-3-8(13)11(15-5-6)9(16)4-7-1-2-10(14)17-7/h1-3,5,9,16H,4H2. The normalized spacial score (nSPS) is 12.7. The second-order valence-corrected chi connectivity index (χ2v) is 7.76. The van der Waals surface area contributed by atoms with Gasteiger partial charge in [-0.1, -0.05) is 0 Å². The van der Waals surface area contributed by atoms with Gasteiger partial charge in [-0.15, -0.1) is 11.3 Å². The molecule has 0 aliphatic carbocycles. The van der Waals surface area contributed by atoms with E-state index < -0.39 is 6.10 Å². The van der Waals surface area contributed by atoms with Crippen molar-refractivity contribution in [3.8, 4) is 0 Å². The van der Waals surface area contributed by atoms with Crippen LogP contribution in [0.15, 0.2) is 37.1 Å². The Morgan fingerprint density at radius 2 is 2.06 bits per heavy atom. The number of thiophene rings is 1. The number of rotatable bonds is 3. The molecule has 0 spiro atoms. The van der Waals surface area contributed by atoms with Gasteiger partial charge in [0.05, 0.1) is 9.48 Å². The van der Waals surface area contributed by atoms with Crippen molar-refractivity contribution in [2.24, 2.45) is 0 Å². The van der Waals surface area contributed by atoms with Crippen LogP contribution in [-0.4, -0.2) is 10.1 Å². The maximum atomic E-state index is 10.1. The van der Waals surface area contributed by atoms with E-state index in [1.54, 1.807) is 17.5 Å². The molecule has 2 nitrogen and oxygen atoms in total. The van der Waals surface area contributed by atoms with E-state index in [0.29, 0.717) is 12.1 Å². The Kier molecular flexibility index (Phi) is 4.77. The Hall–Kier alpha value is 0.250. The van der Waals surface area contributed by atoms with Crippen molar-refractivity contribution >= 4 is 59.1 Å². The lowest BCUT2D eigenvalue weighted by atomic mass is 10.1. The van der Waals surface area contributed by atoms with E-state index >= 15 is 0 Å². The number of pyridine rings is 1. The lowest BCUT2D eigenvalue weighted by molar-refractivity contribution is 0.173. The van der Waals surface area contributed by atoms with Crippen LogP contribution in [-0.2, 0) is 6.42 Å². The number of aliphatic hydroxyl groups is 1. The molecule has 2 heterocycles. The summed E-state index contributed by atoms with van der Waals surface area (Å²) in [5.74, 6) is 0. The van der Waals surface area contributed by atoms with Crippen LogP contribution in [0.25, 0.3) is 0 Å². The molecule has 0 amide bonds. The average molecular weight is 442 g/mol. The minimum Gasteiger partial charge on any atom is -0.386 e. The molecule has 1 unspecified atom stereocenters. The zero-order valence-electron chi connectivity index (χ0n) is 8.53. The van der Waals surface area contributed by atoms with Gasteiger partial charge in [0, 0.05) is 26.4 Å². The van der Waals surface area contributed by atoms with Gasteiger partial charge in [-0.3, -0.25) is 4.98 Å². The Morgan fingerprint density at radius 3 is 2.65 bits per heavy atom. The van der Waals surface area contributed by atoms with Crippen LogP contribution in [0.5, 0.6) is 0 Å². The van der Waals surface area contributed by atoms with Crippen LogP contribution in [0.2, 0.25) is 0 Å². The van der Waals surface area contributed by atoms with E-state index in [0.717, 1.165) is 17.6 Å². The quantitative estimate of drug-likeness (QED) is 0.748. The molecule has 6 heteroatoms. The van der Waals surface area contributed by atoms with Crippen molar-refractivity contribution in [3.05, 3.63) is 47.7 Å². The number of nitrogens with zero attached hydrogens (tertiary/aromatic N) is 1. The second kappa shape index (κ2) is 5.93. The molecule has 1 N–H and O–H groups in total. The van der Waals surface area contributed by atoms with Crippen LogP contribution in [0.3, 0.4) is 0 Å². The molecule has 2 aromatic heterocycles. The molecule has 0 fully saturated rings. The van der Waals surface area contributed by atoms with Gasteiger partial charge >= 0.3 is 0 Å². The van der Waals surface area contributed by atoms with Gasteiger partial charge in [-0.2, -0.15) is 0 Å². The van der Waals surface area contributed by atoms with Crippen LogP contribution in [0, 0.1) is 0 Å². The van der Waals surface area contributed by atoms with Crippen molar-refractivity contribution in [1.29, 1.82) is 0 Å². The van der Waals surface area contributed by atoms with Gasteiger partial charge in [-0.25, -0.2) is 0 Å². The van der Waals surface area contributed by atoms with Crippen molar-refractivity contribution in [2.45, 2.75) is 12.5 Å². The Bertz CT molecular complexity index is 529. The molecule has 0 aliphatic heterocycles. The van der Waals surface area contributed by atoms with Crippen molar-refractivity contribution in [3.63, 3.8) is 0 Å². The van der Waals surface area contributed by atoms with E-state index in [4.69, 9.17) is 0 Å². The first kappa shape index (κ1) is 13.7. The van der Waals surface area contributed by atoms with E-state index in [2.05, 4.69) is 52.8 Å². The highest BCUT2D eigenvalue weighted by Crippen LogP contribution is 2.30. The first-order chi connectivity index (χ1) is 8.06. The van der Waals surface area contributed by atoms with Crippen LogP contribution < -0.4 is 0 Å². The monoisotopic (exact) mass is 439 g/mol. The first-order valence-corrected chi connectivity index (χ1v) is 7.99.